The van der Waals surface area contributed by atoms with E-state index in [9.17, 15) is 9.18 Å². The Morgan fingerprint density at radius 2 is 1.85 bits per heavy atom. The Bertz CT molecular complexity index is 747. The monoisotopic (exact) mass is 268 g/mol. The summed E-state index contributed by atoms with van der Waals surface area (Å²) in [5.74, 6) is -0.301. The number of carbonyl (C=O) groups is 1. The minimum absolute atomic E-state index is 0.00762. The van der Waals surface area contributed by atoms with Crippen molar-refractivity contribution < 1.29 is 9.18 Å². The molecular weight excluding hydrogens is 255 g/mol. The number of Topliss-reactive ketones (excluding diaryl/α,β-unsaturated/α-hetero) is 1. The van der Waals surface area contributed by atoms with Gasteiger partial charge in [0.05, 0.1) is 6.54 Å². The van der Waals surface area contributed by atoms with Crippen LogP contribution in [0.25, 0.3) is 10.9 Å². The van der Waals surface area contributed by atoms with E-state index in [1.165, 1.54) is 12.1 Å². The number of H-pyrrole nitrogens is 1. The van der Waals surface area contributed by atoms with E-state index >= 15 is 0 Å². The third kappa shape index (κ3) is 2.40. The Labute approximate surface area is 115 Å². The molecule has 4 heteroatoms. The van der Waals surface area contributed by atoms with Gasteiger partial charge in [-0.15, -0.1) is 0 Å². The molecule has 1 aromatic heterocycles. The summed E-state index contributed by atoms with van der Waals surface area (Å²) in [6, 6.07) is 13.6. The van der Waals surface area contributed by atoms with E-state index in [1.54, 1.807) is 18.3 Å². The van der Waals surface area contributed by atoms with E-state index in [0.29, 0.717) is 5.56 Å². The molecule has 3 nitrogen and oxygen atoms in total. The number of aromatic amines is 1. The van der Waals surface area contributed by atoms with E-state index in [1.807, 2.05) is 24.3 Å². The molecule has 0 fully saturated rings. The zero-order valence-corrected chi connectivity index (χ0v) is 10.7. The number of carbonyl (C=O) groups excluding carboxylic acids is 1. The van der Waals surface area contributed by atoms with E-state index in [0.717, 1.165) is 16.6 Å². The molecular formula is C16H13FN2O. The maximum atomic E-state index is 12.8. The zero-order chi connectivity index (χ0) is 13.9. The zero-order valence-electron chi connectivity index (χ0n) is 10.7. The molecule has 20 heavy (non-hydrogen) atoms. The molecule has 3 rings (SSSR count). The normalized spacial score (nSPS) is 10.7. The highest BCUT2D eigenvalue weighted by atomic mass is 19.1. The first-order chi connectivity index (χ1) is 9.74. The second-order valence-corrected chi connectivity index (χ2v) is 4.53. The average molecular weight is 268 g/mol. The van der Waals surface area contributed by atoms with Gasteiger partial charge in [-0.3, -0.25) is 4.79 Å². The summed E-state index contributed by atoms with van der Waals surface area (Å²) in [4.78, 5) is 15.3. The molecule has 0 aliphatic rings. The summed E-state index contributed by atoms with van der Waals surface area (Å²) < 4.78 is 12.8. The molecule has 2 N–H and O–H groups in total. The number of para-hydroxylation sites is 1. The van der Waals surface area contributed by atoms with Gasteiger partial charge in [0.2, 0.25) is 0 Å². The van der Waals surface area contributed by atoms with Gasteiger partial charge < -0.3 is 10.3 Å². The number of ketones is 1. The molecule has 0 radical (unpaired) electrons. The Kier molecular flexibility index (Phi) is 3.21. The standard InChI is InChI=1S/C16H13FN2O/c17-11-5-7-12(8-6-11)18-10-16(20)14-9-19-15-4-2-1-3-13(14)15/h1-9,18-19H,10H2. The number of rotatable bonds is 4. The fourth-order valence-electron chi connectivity index (χ4n) is 2.15. The molecule has 3 aromatic rings. The van der Waals surface area contributed by atoms with Crippen LogP contribution < -0.4 is 5.32 Å². The van der Waals surface area contributed by atoms with Crippen LogP contribution in [0.15, 0.2) is 54.7 Å². The SMILES string of the molecule is O=C(CNc1ccc(F)cc1)c1c[nH]c2ccccc12. The Morgan fingerprint density at radius 3 is 2.65 bits per heavy atom. The van der Waals surface area contributed by atoms with Gasteiger partial charge in [0.25, 0.3) is 0 Å². The topological polar surface area (TPSA) is 44.9 Å². The molecule has 0 atom stereocenters. The number of anilines is 1. The van der Waals surface area contributed by atoms with Crippen molar-refractivity contribution in [3.8, 4) is 0 Å². The predicted molar refractivity (Wildman–Crippen MR) is 77.5 cm³/mol. The lowest BCUT2D eigenvalue weighted by Crippen LogP contribution is -2.13. The molecule has 0 bridgehead atoms. The highest BCUT2D eigenvalue weighted by molar-refractivity contribution is 6.09. The summed E-state index contributed by atoms with van der Waals surface area (Å²) in [5, 5.41) is 3.91. The second kappa shape index (κ2) is 5.17. The van der Waals surface area contributed by atoms with E-state index in [4.69, 9.17) is 0 Å². The van der Waals surface area contributed by atoms with Gasteiger partial charge in [-0.05, 0) is 30.3 Å². The highest BCUT2D eigenvalue weighted by Crippen LogP contribution is 2.18. The van der Waals surface area contributed by atoms with Crippen molar-refractivity contribution in [3.05, 3.63) is 66.1 Å². The van der Waals surface area contributed by atoms with Crippen LogP contribution in [0, 0.1) is 5.82 Å². The summed E-state index contributed by atoms with van der Waals surface area (Å²) in [6.07, 6.45) is 1.72. The Morgan fingerprint density at radius 1 is 1.10 bits per heavy atom. The number of benzene rings is 2. The van der Waals surface area contributed by atoms with Crippen molar-refractivity contribution in [1.82, 2.24) is 4.98 Å². The van der Waals surface area contributed by atoms with Gasteiger partial charge in [-0.25, -0.2) is 4.39 Å². The molecule has 0 amide bonds. The minimum Gasteiger partial charge on any atom is -0.378 e. The largest absolute Gasteiger partial charge is 0.378 e. The van der Waals surface area contributed by atoms with E-state index in [-0.39, 0.29) is 18.1 Å². The van der Waals surface area contributed by atoms with Crippen LogP contribution in [-0.4, -0.2) is 17.3 Å². The van der Waals surface area contributed by atoms with Crippen molar-refractivity contribution in [2.75, 3.05) is 11.9 Å². The maximum absolute atomic E-state index is 12.8. The van der Waals surface area contributed by atoms with Gasteiger partial charge in [-0.1, -0.05) is 18.2 Å². The lowest BCUT2D eigenvalue weighted by molar-refractivity contribution is 0.101. The first-order valence-corrected chi connectivity index (χ1v) is 6.33. The van der Waals surface area contributed by atoms with Gasteiger partial charge >= 0.3 is 0 Å². The quantitative estimate of drug-likeness (QED) is 0.710. The van der Waals surface area contributed by atoms with Crippen LogP contribution in [0.4, 0.5) is 10.1 Å². The van der Waals surface area contributed by atoms with Gasteiger partial charge in [0.1, 0.15) is 5.82 Å². The number of hydrogen-bond donors (Lipinski definition) is 2. The van der Waals surface area contributed by atoms with Crippen molar-refractivity contribution in [3.63, 3.8) is 0 Å². The first-order valence-electron chi connectivity index (χ1n) is 6.33. The van der Waals surface area contributed by atoms with Gasteiger partial charge in [0.15, 0.2) is 5.78 Å². The van der Waals surface area contributed by atoms with E-state index in [2.05, 4.69) is 10.3 Å². The highest BCUT2D eigenvalue weighted by Gasteiger charge is 2.11. The minimum atomic E-state index is -0.293. The number of aromatic nitrogens is 1. The average Bonchev–Trinajstić information content (AvgIpc) is 2.90. The fraction of sp³-hybridized carbons (Fsp3) is 0.0625. The third-order valence-corrected chi connectivity index (χ3v) is 3.19. The Balaban J connectivity index is 1.75. The van der Waals surface area contributed by atoms with Crippen LogP contribution in [-0.2, 0) is 0 Å². The summed E-state index contributed by atoms with van der Waals surface area (Å²) in [7, 11) is 0. The molecule has 1 heterocycles. The molecule has 0 aliphatic heterocycles. The van der Waals surface area contributed by atoms with Crippen molar-refractivity contribution in [2.24, 2.45) is 0 Å². The fourth-order valence-corrected chi connectivity index (χ4v) is 2.15. The van der Waals surface area contributed by atoms with Gasteiger partial charge in [0, 0.05) is 28.4 Å². The van der Waals surface area contributed by atoms with E-state index < -0.39 is 0 Å². The second-order valence-electron chi connectivity index (χ2n) is 4.53. The van der Waals surface area contributed by atoms with Crippen molar-refractivity contribution in [1.29, 1.82) is 0 Å². The molecule has 0 saturated carbocycles. The third-order valence-electron chi connectivity index (χ3n) is 3.19. The molecule has 2 aromatic carbocycles. The van der Waals surface area contributed by atoms with Crippen LogP contribution in [0.5, 0.6) is 0 Å². The Hall–Kier alpha value is -2.62. The molecule has 100 valence electrons. The number of fused-ring (bicyclic) bond motifs is 1. The van der Waals surface area contributed by atoms with Crippen LogP contribution >= 0.6 is 0 Å². The summed E-state index contributed by atoms with van der Waals surface area (Å²) in [5.41, 5.74) is 2.33. The molecule has 0 aliphatic carbocycles. The number of nitrogens with one attached hydrogen (secondary N) is 2. The molecule has 0 spiro atoms. The number of hydrogen-bond acceptors (Lipinski definition) is 2. The lowest BCUT2D eigenvalue weighted by atomic mass is 10.1. The lowest BCUT2D eigenvalue weighted by Gasteiger charge is -2.05. The first kappa shape index (κ1) is 12.4. The van der Waals surface area contributed by atoms with Crippen LogP contribution in [0.1, 0.15) is 10.4 Å². The predicted octanol–water partition coefficient (Wildman–Crippen LogP) is 3.60. The summed E-state index contributed by atoms with van der Waals surface area (Å²) in [6.45, 7) is 0.174. The number of halogens is 1. The maximum Gasteiger partial charge on any atom is 0.183 e. The van der Waals surface area contributed by atoms with Gasteiger partial charge in [-0.2, -0.15) is 0 Å². The van der Waals surface area contributed by atoms with Crippen LogP contribution in [0.2, 0.25) is 0 Å². The van der Waals surface area contributed by atoms with Crippen molar-refractivity contribution >= 4 is 22.4 Å². The smallest absolute Gasteiger partial charge is 0.183 e. The van der Waals surface area contributed by atoms with Crippen LogP contribution in [0.3, 0.4) is 0 Å². The summed E-state index contributed by atoms with van der Waals surface area (Å²) >= 11 is 0. The molecule has 0 saturated heterocycles. The van der Waals surface area contributed by atoms with Crippen molar-refractivity contribution in [2.45, 2.75) is 0 Å². The molecule has 0 unspecified atom stereocenters.